The number of nitro benzene ring substituents is 2. The third kappa shape index (κ3) is 14.2. The SMILES string of the molecule is CCCCOc1cc2c(cc1OCCCC)-c1nc-2nc2[nH]c(nc3nc(nc4[nH]c(n1)c1cc(OCCCC)c(OCCCC)cc41)-c1cc(OCCCC)c(OCCCC)cc1-3)c1cc(C#Cc3ccc([N+](=O)[O-])cc3)c(C#Cc3ccc([N+](=O)[O-])cc3)cc21. The Morgan fingerprint density at radius 1 is 0.348 bits per heavy atom. The predicted octanol–water partition coefficient (Wildman–Crippen LogP) is 16.6. The molecule has 0 radical (unpaired) electrons. The summed E-state index contributed by atoms with van der Waals surface area (Å²) in [6.45, 7) is 15.5. The highest BCUT2D eigenvalue weighted by Gasteiger charge is 2.28. The summed E-state index contributed by atoms with van der Waals surface area (Å²) in [7, 11) is 0. The summed E-state index contributed by atoms with van der Waals surface area (Å²) in [5.41, 5.74) is 5.98. The zero-order valence-corrected chi connectivity index (χ0v) is 52.6. The fraction of sp³-hybridized carbons (Fsp3) is 0.333. The third-order valence-electron chi connectivity index (χ3n) is 15.5. The molecule has 0 saturated heterocycles. The van der Waals surface area contributed by atoms with Crippen LogP contribution in [0.2, 0.25) is 0 Å². The molecular weight excluding hydrogens is 1160 g/mol. The second kappa shape index (κ2) is 29.4. The van der Waals surface area contributed by atoms with Crippen molar-refractivity contribution in [2.45, 2.75) is 119 Å². The molecule has 2 aliphatic rings. The quantitative estimate of drug-likeness (QED) is 0.0221. The molecular formula is C72H72N10O10. The van der Waals surface area contributed by atoms with Gasteiger partial charge in [0, 0.05) is 90.3 Å². The number of hydrogen-bond donors (Lipinski definition) is 2. The lowest BCUT2D eigenvalue weighted by Gasteiger charge is -2.14. The molecule has 9 aromatic rings. The molecule has 11 rings (SSSR count). The van der Waals surface area contributed by atoms with Gasteiger partial charge < -0.3 is 38.4 Å². The number of nitrogens with one attached hydrogen (secondary N) is 2. The van der Waals surface area contributed by atoms with Crippen LogP contribution >= 0.6 is 0 Å². The van der Waals surface area contributed by atoms with E-state index in [1.807, 2.05) is 48.5 Å². The number of fused-ring (bicyclic) bond motifs is 20. The van der Waals surface area contributed by atoms with Crippen LogP contribution in [0.1, 0.15) is 141 Å². The van der Waals surface area contributed by atoms with E-state index in [0.29, 0.717) is 186 Å². The molecule has 6 aromatic carbocycles. The zero-order valence-electron chi connectivity index (χ0n) is 52.6. The van der Waals surface area contributed by atoms with E-state index < -0.39 is 9.85 Å². The first-order chi connectivity index (χ1) is 45.0. The van der Waals surface area contributed by atoms with Crippen LogP contribution in [0.15, 0.2) is 97.1 Å². The van der Waals surface area contributed by atoms with Crippen molar-refractivity contribution in [3.05, 3.63) is 140 Å². The minimum atomic E-state index is -0.463. The first-order valence-electron chi connectivity index (χ1n) is 31.8. The normalized spacial score (nSPS) is 11.3. The van der Waals surface area contributed by atoms with Crippen LogP contribution in [0, 0.1) is 43.9 Å². The van der Waals surface area contributed by atoms with Crippen molar-refractivity contribution >= 4 is 55.5 Å². The Morgan fingerprint density at radius 2 is 0.598 bits per heavy atom. The molecule has 2 aliphatic heterocycles. The van der Waals surface area contributed by atoms with Crippen molar-refractivity contribution in [1.29, 1.82) is 0 Å². The average molecular weight is 1240 g/mol. The van der Waals surface area contributed by atoms with E-state index in [9.17, 15) is 20.2 Å². The highest BCUT2D eigenvalue weighted by Crippen LogP contribution is 2.46. The van der Waals surface area contributed by atoms with Gasteiger partial charge in [-0.2, -0.15) is 0 Å². The Balaban J connectivity index is 1.26. The molecule has 20 heteroatoms. The lowest BCUT2D eigenvalue weighted by atomic mass is 10.0. The fourth-order valence-electron chi connectivity index (χ4n) is 10.3. The molecule has 0 atom stereocenters. The number of nitro groups is 2. The highest BCUT2D eigenvalue weighted by atomic mass is 16.6. The Bertz CT molecular complexity index is 4260. The number of unbranched alkanes of at least 4 members (excludes halogenated alkanes) is 6. The second-order valence-electron chi connectivity index (χ2n) is 22.4. The zero-order chi connectivity index (χ0) is 64.1. The van der Waals surface area contributed by atoms with E-state index in [2.05, 4.69) is 75.2 Å². The number of benzene rings is 6. The maximum Gasteiger partial charge on any atom is 0.269 e. The average Bonchev–Trinajstić information content (AvgIpc) is 1.62. The first kappa shape index (κ1) is 63.0. The van der Waals surface area contributed by atoms with Gasteiger partial charge in [0.2, 0.25) is 0 Å². The van der Waals surface area contributed by atoms with E-state index in [4.69, 9.17) is 58.3 Å². The number of aromatic amines is 2. The van der Waals surface area contributed by atoms with E-state index in [1.165, 1.54) is 24.3 Å². The van der Waals surface area contributed by atoms with Crippen LogP contribution in [0.4, 0.5) is 11.4 Å². The van der Waals surface area contributed by atoms with Crippen molar-refractivity contribution < 1.29 is 38.3 Å². The molecule has 0 saturated carbocycles. The number of nitrogens with zero attached hydrogens (tertiary/aromatic N) is 8. The van der Waals surface area contributed by atoms with Gasteiger partial charge in [-0.1, -0.05) is 104 Å². The van der Waals surface area contributed by atoms with Gasteiger partial charge in [-0.3, -0.25) is 20.2 Å². The van der Waals surface area contributed by atoms with Crippen LogP contribution in [0.3, 0.4) is 0 Å². The number of hydrogen-bond acceptors (Lipinski definition) is 16. The summed E-state index contributed by atoms with van der Waals surface area (Å²) < 4.78 is 39.2. The molecule has 8 bridgehead atoms. The summed E-state index contributed by atoms with van der Waals surface area (Å²) in [5, 5.41) is 25.8. The van der Waals surface area contributed by atoms with E-state index in [0.717, 1.165) is 77.0 Å². The molecule has 2 N–H and O–H groups in total. The summed E-state index contributed by atoms with van der Waals surface area (Å²) in [6.07, 6.45) is 10.5. The summed E-state index contributed by atoms with van der Waals surface area (Å²) in [6, 6.07) is 27.3. The van der Waals surface area contributed by atoms with Gasteiger partial charge in [-0.25, -0.2) is 29.9 Å². The second-order valence-corrected chi connectivity index (χ2v) is 22.4. The Kier molecular flexibility index (Phi) is 20.1. The predicted molar refractivity (Wildman–Crippen MR) is 357 cm³/mol. The topological polar surface area (TPSA) is 251 Å². The van der Waals surface area contributed by atoms with Crippen LogP contribution in [-0.2, 0) is 0 Å². The summed E-state index contributed by atoms with van der Waals surface area (Å²) >= 11 is 0. The van der Waals surface area contributed by atoms with Gasteiger partial charge in [-0.15, -0.1) is 0 Å². The number of rotatable bonds is 26. The molecule has 0 amide bonds. The molecule has 0 aliphatic carbocycles. The lowest BCUT2D eigenvalue weighted by molar-refractivity contribution is -0.385. The molecule has 5 heterocycles. The van der Waals surface area contributed by atoms with Gasteiger partial charge in [0.05, 0.1) is 49.5 Å². The number of aromatic nitrogens is 8. The van der Waals surface area contributed by atoms with Crippen molar-refractivity contribution in [1.82, 2.24) is 39.9 Å². The van der Waals surface area contributed by atoms with Gasteiger partial charge >= 0.3 is 0 Å². The standard InChI is InChI=1S/C72H72N10O10/c1-7-13-31-87-59-39-53-55(41-61(59)89-33-15-9-3)69-76-67(53)74-65-51-37-47(25-19-45-21-27-49(28-22-45)81(83)84)48(26-20-46-23-29-50(30-24-46)82(85)86)38-52(51)66(73-65)75-68-54-40-60(88-32-14-8-2)62(90-34-16-10-4)42-56(54)70(77-68)79-72-58-44-64(92-36-18-12-6)63(91-35-17-11-5)43-57(58)71(78-69)80-72/h21-24,27-30,37-44H,7-18,31-36H2,1-6H3,(H2,73,74,75,76,77,78,79,80). The molecule has 470 valence electrons. The maximum absolute atomic E-state index is 11.6. The van der Waals surface area contributed by atoms with E-state index in [-0.39, 0.29) is 11.4 Å². The Morgan fingerprint density at radius 3 is 0.848 bits per heavy atom. The van der Waals surface area contributed by atoms with Gasteiger partial charge in [0.25, 0.3) is 11.4 Å². The van der Waals surface area contributed by atoms with Crippen LogP contribution in [0.5, 0.6) is 34.5 Å². The number of H-pyrrole nitrogens is 2. The van der Waals surface area contributed by atoms with Gasteiger partial charge in [0.15, 0.2) is 57.8 Å². The molecule has 3 aromatic heterocycles. The summed E-state index contributed by atoms with van der Waals surface area (Å²) in [4.78, 5) is 61.8. The fourth-order valence-corrected chi connectivity index (χ4v) is 10.3. The molecule has 0 fully saturated rings. The van der Waals surface area contributed by atoms with Crippen molar-refractivity contribution in [2.75, 3.05) is 39.6 Å². The summed E-state index contributed by atoms with van der Waals surface area (Å²) in [5.74, 6) is 17.6. The first-order valence-corrected chi connectivity index (χ1v) is 31.8. The monoisotopic (exact) mass is 1240 g/mol. The van der Waals surface area contributed by atoms with Crippen molar-refractivity contribution in [3.63, 3.8) is 0 Å². The Labute approximate surface area is 532 Å². The van der Waals surface area contributed by atoms with E-state index >= 15 is 0 Å². The largest absolute Gasteiger partial charge is 0.490 e. The van der Waals surface area contributed by atoms with E-state index in [1.54, 1.807) is 24.3 Å². The molecule has 0 spiro atoms. The molecule has 0 unspecified atom stereocenters. The minimum Gasteiger partial charge on any atom is -0.490 e. The smallest absolute Gasteiger partial charge is 0.269 e. The van der Waals surface area contributed by atoms with Crippen molar-refractivity contribution in [3.8, 4) is 104 Å². The lowest BCUT2D eigenvalue weighted by Crippen LogP contribution is -2.03. The van der Waals surface area contributed by atoms with Crippen LogP contribution in [0.25, 0.3) is 89.7 Å². The van der Waals surface area contributed by atoms with Crippen LogP contribution < -0.4 is 28.4 Å². The van der Waals surface area contributed by atoms with Crippen molar-refractivity contribution in [2.24, 2.45) is 0 Å². The molecule has 92 heavy (non-hydrogen) atoms. The maximum atomic E-state index is 11.6. The van der Waals surface area contributed by atoms with Gasteiger partial charge in [-0.05, 0) is 111 Å². The Hall–Kier alpha value is -10.6. The van der Waals surface area contributed by atoms with Gasteiger partial charge in [0.1, 0.15) is 22.6 Å². The number of ether oxygens (including phenoxy) is 6. The number of non-ortho nitro benzene ring substituents is 2. The van der Waals surface area contributed by atoms with Crippen LogP contribution in [-0.4, -0.2) is 89.4 Å². The molecule has 20 nitrogen and oxygen atoms in total. The highest BCUT2D eigenvalue weighted by molar-refractivity contribution is 6.08. The minimum absolute atomic E-state index is 0.0733. The third-order valence-corrected chi connectivity index (χ3v) is 15.5.